The Morgan fingerprint density at radius 2 is 1.85 bits per heavy atom. The zero-order valence-corrected chi connectivity index (χ0v) is 31.8. The zero-order valence-electron chi connectivity index (χ0n) is 31.8. The van der Waals surface area contributed by atoms with Crippen LogP contribution in [0, 0.1) is 32.8 Å². The van der Waals surface area contributed by atoms with Gasteiger partial charge in [-0.25, -0.2) is 14.0 Å². The van der Waals surface area contributed by atoms with Gasteiger partial charge in [0.05, 0.1) is 31.5 Å². The minimum Gasteiger partial charge on any atom is -0.493 e. The van der Waals surface area contributed by atoms with E-state index in [1.165, 1.54) is 37.5 Å². The average molecular weight is 774 g/mol. The van der Waals surface area contributed by atoms with Crippen molar-refractivity contribution in [1.29, 1.82) is 0 Å². The highest BCUT2D eigenvalue weighted by atomic mass is 19.1. The highest BCUT2D eigenvalue weighted by molar-refractivity contribution is 6.01. The summed E-state index contributed by atoms with van der Waals surface area (Å²) in [6.07, 6.45) is 2.50. The monoisotopic (exact) mass is 773 g/mol. The molecule has 55 heavy (non-hydrogen) atoms. The van der Waals surface area contributed by atoms with Crippen LogP contribution in [-0.2, 0) is 33.4 Å². The highest BCUT2D eigenvalue weighted by Crippen LogP contribution is 2.72. The van der Waals surface area contributed by atoms with Crippen molar-refractivity contribution < 1.29 is 67.0 Å². The molecule has 0 radical (unpaired) electrons. The molecule has 1 N–H and O–H groups in total. The summed E-state index contributed by atoms with van der Waals surface area (Å²) < 4.78 is 51.7. The molecule has 3 saturated carbocycles. The first-order valence-electron chi connectivity index (χ1n) is 18.5. The third-order valence-corrected chi connectivity index (χ3v) is 12.5. The summed E-state index contributed by atoms with van der Waals surface area (Å²) in [5.41, 5.74) is -5.42. The number of aliphatic hydroxyl groups excluding tert-OH is 1. The van der Waals surface area contributed by atoms with E-state index in [0.717, 1.165) is 0 Å². The molecular weight excluding hydrogens is 725 g/mol. The van der Waals surface area contributed by atoms with E-state index < -0.39 is 87.6 Å². The number of ketones is 2. The van der Waals surface area contributed by atoms with E-state index in [0.29, 0.717) is 37.7 Å². The number of carbonyl (C=O) groups excluding carboxylic acids is 4. The van der Waals surface area contributed by atoms with Crippen molar-refractivity contribution in [3.05, 3.63) is 57.7 Å². The Balaban J connectivity index is 1.12. The molecule has 3 unspecified atom stereocenters. The van der Waals surface area contributed by atoms with Crippen molar-refractivity contribution in [2.24, 2.45) is 22.7 Å². The number of hydrogen-bond donors (Lipinski definition) is 1. The van der Waals surface area contributed by atoms with Crippen LogP contribution < -0.4 is 9.47 Å². The Morgan fingerprint density at radius 3 is 2.56 bits per heavy atom. The lowest BCUT2D eigenvalue weighted by Crippen LogP contribution is -2.70. The molecule has 0 aromatic heterocycles. The van der Waals surface area contributed by atoms with Crippen molar-refractivity contribution in [3.8, 4) is 11.5 Å². The number of allylic oxidation sites excluding steroid dienone is 4. The lowest BCUT2D eigenvalue weighted by atomic mass is 9.44. The molecular formula is C39H48FNO14. The van der Waals surface area contributed by atoms with Gasteiger partial charge in [0.1, 0.15) is 6.10 Å². The maximum Gasteiger partial charge on any atom is 0.514 e. The number of carbonyl (C=O) groups is 4. The van der Waals surface area contributed by atoms with Crippen LogP contribution in [0.15, 0.2) is 42.0 Å². The first-order valence-corrected chi connectivity index (χ1v) is 18.5. The molecule has 0 bridgehead atoms. The summed E-state index contributed by atoms with van der Waals surface area (Å²) in [6, 6.07) is 3.96. The number of alkyl halides is 1. The second-order valence-electron chi connectivity index (χ2n) is 16.0. The maximum absolute atomic E-state index is 17.7. The van der Waals surface area contributed by atoms with Gasteiger partial charge in [-0.3, -0.25) is 9.59 Å². The number of methoxy groups -OCH3 is 1. The zero-order chi connectivity index (χ0) is 40.1. The summed E-state index contributed by atoms with van der Waals surface area (Å²) >= 11 is 0. The SMILES string of the molecule is COc1cc(C(=O)OCCCCC(C)O[N+](=O)[O-])ccc1OC(=O)OCC(=O)[C@@]12OC(C)(C)O[C@@H]1CC1C3CCC4=CC(=O)C=C[C@]4(C)[C@@]3(F)[C@@H](O)C[C@@]12C. The van der Waals surface area contributed by atoms with Gasteiger partial charge in [0.25, 0.3) is 5.09 Å². The molecule has 9 atom stereocenters. The van der Waals surface area contributed by atoms with Crippen LogP contribution >= 0.6 is 0 Å². The first kappa shape index (κ1) is 40.3. The van der Waals surface area contributed by atoms with Crippen LogP contribution in [0.25, 0.3) is 0 Å². The van der Waals surface area contributed by atoms with Gasteiger partial charge >= 0.3 is 12.1 Å². The number of esters is 1. The van der Waals surface area contributed by atoms with Gasteiger partial charge < -0.3 is 38.4 Å². The van der Waals surface area contributed by atoms with Crippen LogP contribution in [0.5, 0.6) is 11.5 Å². The van der Waals surface area contributed by atoms with E-state index in [1.807, 2.05) is 6.92 Å². The van der Waals surface area contributed by atoms with E-state index in [4.69, 9.17) is 28.4 Å². The molecule has 300 valence electrons. The molecule has 16 heteroatoms. The maximum atomic E-state index is 17.7. The molecule has 1 aliphatic heterocycles. The fraction of sp³-hybridized carbons (Fsp3) is 0.641. The van der Waals surface area contributed by atoms with Gasteiger partial charge in [-0.05, 0) is 109 Å². The molecule has 0 spiro atoms. The van der Waals surface area contributed by atoms with Gasteiger partial charge in [-0.15, -0.1) is 10.1 Å². The van der Waals surface area contributed by atoms with Crippen LogP contribution in [0.1, 0.15) is 89.9 Å². The van der Waals surface area contributed by atoms with E-state index in [2.05, 4.69) is 4.84 Å². The summed E-state index contributed by atoms with van der Waals surface area (Å²) in [5.74, 6) is -3.99. The average Bonchev–Trinajstić information content (AvgIpc) is 3.52. The summed E-state index contributed by atoms with van der Waals surface area (Å²) in [5, 5.41) is 21.4. The number of fused-ring (bicyclic) bond motifs is 7. The van der Waals surface area contributed by atoms with Crippen LogP contribution in [0.4, 0.5) is 9.18 Å². The molecule has 1 aromatic carbocycles. The summed E-state index contributed by atoms with van der Waals surface area (Å²) in [7, 11) is 1.30. The third kappa shape index (κ3) is 6.79. The molecule has 4 aliphatic carbocycles. The number of benzene rings is 1. The molecule has 1 saturated heterocycles. The molecule has 1 heterocycles. The normalized spacial score (nSPS) is 34.5. The molecule has 0 amide bonds. The Morgan fingerprint density at radius 1 is 1.11 bits per heavy atom. The van der Waals surface area contributed by atoms with Gasteiger partial charge in [0.15, 0.2) is 40.9 Å². The van der Waals surface area contributed by atoms with E-state index in [9.17, 15) is 34.4 Å². The van der Waals surface area contributed by atoms with Gasteiger partial charge in [-0.1, -0.05) is 18.6 Å². The van der Waals surface area contributed by atoms with Crippen LogP contribution in [0.2, 0.25) is 0 Å². The van der Waals surface area contributed by atoms with Crippen LogP contribution in [0.3, 0.4) is 0 Å². The molecule has 15 nitrogen and oxygen atoms in total. The molecule has 5 aliphatic rings. The Bertz CT molecular complexity index is 1810. The topological polar surface area (TPSA) is 196 Å². The fourth-order valence-corrected chi connectivity index (χ4v) is 10.0. The number of unbranched alkanes of at least 4 members (excludes halogenated alkanes) is 1. The Kier molecular flexibility index (Phi) is 10.7. The molecule has 1 aromatic rings. The van der Waals surface area contributed by atoms with Crippen molar-refractivity contribution in [2.75, 3.05) is 20.3 Å². The standard InChI is InChI=1S/C39H48FNO14/c1-22(54-41(47)48)9-7-8-16-50-33(45)23-10-13-28(29(17-23)49-6)52-34(46)51-21-31(44)39-32(53-35(2,3)55-39)19-27-26-12-11-24-18-25(42)14-15-36(24,4)38(26,40)30(43)20-37(27,39)5/h10,13-15,17-18,22,26-27,30,32,43H,7-9,11-12,16,19-21H2,1-6H3/t22?,26?,27?,30-,32+,36-,37-,38-,39+/m0/s1. The quantitative estimate of drug-likeness (QED) is 0.0858. The number of halogens is 1. The van der Waals surface area contributed by atoms with E-state index >= 15 is 4.39 Å². The smallest absolute Gasteiger partial charge is 0.493 e. The molecule has 4 fully saturated rings. The first-order chi connectivity index (χ1) is 25.8. The summed E-state index contributed by atoms with van der Waals surface area (Å²) in [6.45, 7) is 7.70. The number of ether oxygens (including phenoxy) is 6. The number of Topliss-reactive ketones (excluding diaryl/α,β-unsaturated/α-hetero) is 1. The Labute approximate surface area is 317 Å². The minimum absolute atomic E-state index is 0.00446. The van der Waals surface area contributed by atoms with Crippen molar-refractivity contribution in [2.45, 2.75) is 115 Å². The largest absolute Gasteiger partial charge is 0.514 e. The minimum atomic E-state index is -2.13. The second-order valence-corrected chi connectivity index (χ2v) is 16.0. The van der Waals surface area contributed by atoms with E-state index in [-0.39, 0.29) is 42.3 Å². The van der Waals surface area contributed by atoms with Crippen molar-refractivity contribution >= 4 is 23.7 Å². The lowest BCUT2D eigenvalue weighted by molar-refractivity contribution is -0.767. The predicted molar refractivity (Wildman–Crippen MR) is 188 cm³/mol. The van der Waals surface area contributed by atoms with Gasteiger partial charge in [-0.2, -0.15) is 0 Å². The third-order valence-electron chi connectivity index (χ3n) is 12.5. The number of hydrogen-bond acceptors (Lipinski definition) is 14. The van der Waals surface area contributed by atoms with Crippen molar-refractivity contribution in [3.63, 3.8) is 0 Å². The highest BCUT2D eigenvalue weighted by Gasteiger charge is 2.80. The van der Waals surface area contributed by atoms with Gasteiger partial charge in [0.2, 0.25) is 5.78 Å². The number of aliphatic hydroxyl groups is 1. The number of rotatable bonds is 13. The summed E-state index contributed by atoms with van der Waals surface area (Å²) in [4.78, 5) is 67.1. The van der Waals surface area contributed by atoms with Gasteiger partial charge in [0, 0.05) is 16.7 Å². The predicted octanol–water partition coefficient (Wildman–Crippen LogP) is 5.57. The molecule has 6 rings (SSSR count). The lowest BCUT2D eigenvalue weighted by Gasteiger charge is -2.62. The second kappa shape index (κ2) is 14.6. The van der Waals surface area contributed by atoms with Crippen molar-refractivity contribution in [1.82, 2.24) is 0 Å². The van der Waals surface area contributed by atoms with E-state index in [1.54, 1.807) is 33.8 Å². The van der Waals surface area contributed by atoms with Crippen LogP contribution in [-0.4, -0.2) is 89.6 Å². The fourth-order valence-electron chi connectivity index (χ4n) is 10.0. The Hall–Kier alpha value is -4.41. The number of nitrogens with zero attached hydrogens (tertiary/aromatic N) is 1.